The van der Waals surface area contributed by atoms with Gasteiger partial charge in [0.1, 0.15) is 0 Å². The smallest absolute Gasteiger partial charge is 0.0941 e. The Hall–Kier alpha value is -0.120. The number of nitrogens with zero attached hydrogens (tertiary/aromatic N) is 2. The highest BCUT2D eigenvalue weighted by atomic mass is 35.5. The predicted octanol–water partition coefficient (Wildman–Crippen LogP) is 3.54. The number of rotatable bonds is 6. The molecule has 1 aromatic rings. The van der Waals surface area contributed by atoms with Crippen LogP contribution in [0.25, 0.3) is 0 Å². The minimum atomic E-state index is 0.270. The predicted molar refractivity (Wildman–Crippen MR) is 72.4 cm³/mol. The molecule has 0 aromatic carbocycles. The Morgan fingerprint density at radius 2 is 2.19 bits per heavy atom. The minimum absolute atomic E-state index is 0.270. The van der Waals surface area contributed by atoms with Gasteiger partial charge in [-0.15, -0.1) is 22.9 Å². The zero-order chi connectivity index (χ0) is 12.2. The fraction of sp³-hybridized carbons (Fsp3) is 0.750. The lowest BCUT2D eigenvalue weighted by Gasteiger charge is -2.34. The van der Waals surface area contributed by atoms with E-state index in [-0.39, 0.29) is 5.54 Å². The molecular formula is C12H21ClN2S. The van der Waals surface area contributed by atoms with Gasteiger partial charge in [-0.3, -0.25) is 0 Å². The van der Waals surface area contributed by atoms with Crippen LogP contribution in [0.3, 0.4) is 0 Å². The summed E-state index contributed by atoms with van der Waals surface area (Å²) in [7, 11) is 2.18. The van der Waals surface area contributed by atoms with E-state index in [1.807, 2.05) is 5.38 Å². The van der Waals surface area contributed by atoms with E-state index < -0.39 is 0 Å². The first-order valence-electron chi connectivity index (χ1n) is 5.70. The first-order valence-corrected chi connectivity index (χ1v) is 7.11. The standard InChI is InChI=1S/C12H21ClN2S/c1-5-12(2,3)15(4)7-6-11-14-10(8-13)9-16-11/h9H,5-8H2,1-4H3. The van der Waals surface area contributed by atoms with Crippen LogP contribution in [0.15, 0.2) is 5.38 Å². The molecule has 0 radical (unpaired) electrons. The van der Waals surface area contributed by atoms with Crippen molar-refractivity contribution in [3.05, 3.63) is 16.1 Å². The van der Waals surface area contributed by atoms with Crippen molar-refractivity contribution in [3.63, 3.8) is 0 Å². The third kappa shape index (κ3) is 3.72. The van der Waals surface area contributed by atoms with Crippen LogP contribution < -0.4 is 0 Å². The second-order valence-electron chi connectivity index (χ2n) is 4.70. The summed E-state index contributed by atoms with van der Waals surface area (Å²) in [5.41, 5.74) is 1.27. The molecule has 0 aliphatic carbocycles. The van der Waals surface area contributed by atoms with Crippen molar-refractivity contribution in [1.29, 1.82) is 0 Å². The van der Waals surface area contributed by atoms with Gasteiger partial charge in [-0.05, 0) is 27.3 Å². The zero-order valence-corrected chi connectivity index (χ0v) is 12.2. The molecule has 1 heterocycles. The molecule has 0 unspecified atom stereocenters. The van der Waals surface area contributed by atoms with E-state index in [2.05, 4.69) is 37.7 Å². The number of likely N-dealkylation sites (N-methyl/N-ethyl adjacent to an activating group) is 1. The number of halogens is 1. The maximum absolute atomic E-state index is 5.73. The van der Waals surface area contributed by atoms with Gasteiger partial charge in [-0.2, -0.15) is 0 Å². The van der Waals surface area contributed by atoms with E-state index in [4.69, 9.17) is 11.6 Å². The average molecular weight is 261 g/mol. The molecule has 2 nitrogen and oxygen atoms in total. The van der Waals surface area contributed by atoms with Gasteiger partial charge in [0.15, 0.2) is 0 Å². The average Bonchev–Trinajstić information content (AvgIpc) is 2.73. The lowest BCUT2D eigenvalue weighted by molar-refractivity contribution is 0.153. The molecule has 0 N–H and O–H groups in total. The van der Waals surface area contributed by atoms with Crippen LogP contribution in [0.2, 0.25) is 0 Å². The van der Waals surface area contributed by atoms with E-state index in [0.717, 1.165) is 25.1 Å². The van der Waals surface area contributed by atoms with Crippen LogP contribution >= 0.6 is 22.9 Å². The van der Waals surface area contributed by atoms with E-state index in [9.17, 15) is 0 Å². The Labute approximate surface area is 108 Å². The van der Waals surface area contributed by atoms with Crippen LogP contribution in [0.4, 0.5) is 0 Å². The second kappa shape index (κ2) is 5.99. The molecule has 4 heteroatoms. The Bertz CT molecular complexity index is 323. The maximum Gasteiger partial charge on any atom is 0.0941 e. The minimum Gasteiger partial charge on any atom is -0.301 e. The monoisotopic (exact) mass is 260 g/mol. The third-order valence-electron chi connectivity index (χ3n) is 3.30. The van der Waals surface area contributed by atoms with Crippen molar-refractivity contribution < 1.29 is 0 Å². The molecule has 1 aromatic heterocycles. The van der Waals surface area contributed by atoms with Crippen molar-refractivity contribution in [2.24, 2.45) is 0 Å². The van der Waals surface area contributed by atoms with Crippen molar-refractivity contribution in [2.75, 3.05) is 13.6 Å². The van der Waals surface area contributed by atoms with E-state index in [1.54, 1.807) is 11.3 Å². The molecule has 0 bridgehead atoms. The largest absolute Gasteiger partial charge is 0.301 e. The number of hydrogen-bond donors (Lipinski definition) is 0. The first-order chi connectivity index (χ1) is 7.49. The number of alkyl halides is 1. The Balaban J connectivity index is 2.45. The van der Waals surface area contributed by atoms with Gasteiger partial charge in [-0.1, -0.05) is 6.92 Å². The molecule has 0 amide bonds. The molecule has 0 atom stereocenters. The van der Waals surface area contributed by atoms with Gasteiger partial charge in [0.25, 0.3) is 0 Å². The van der Waals surface area contributed by atoms with Crippen LogP contribution in [0.5, 0.6) is 0 Å². The maximum atomic E-state index is 5.73. The van der Waals surface area contributed by atoms with Crippen LogP contribution in [-0.2, 0) is 12.3 Å². The summed E-state index contributed by atoms with van der Waals surface area (Å²) < 4.78 is 0. The first kappa shape index (κ1) is 13.9. The van der Waals surface area contributed by atoms with E-state index in [1.165, 1.54) is 5.01 Å². The van der Waals surface area contributed by atoms with Crippen LogP contribution in [0.1, 0.15) is 37.9 Å². The molecule has 0 spiro atoms. The summed E-state index contributed by atoms with van der Waals surface area (Å²) in [6.45, 7) is 7.83. The summed E-state index contributed by atoms with van der Waals surface area (Å²) in [4.78, 5) is 6.87. The molecular weight excluding hydrogens is 240 g/mol. The molecule has 92 valence electrons. The highest BCUT2D eigenvalue weighted by Gasteiger charge is 2.20. The fourth-order valence-corrected chi connectivity index (χ4v) is 2.38. The number of hydrogen-bond acceptors (Lipinski definition) is 3. The summed E-state index contributed by atoms with van der Waals surface area (Å²) in [5.74, 6) is 0.521. The zero-order valence-electron chi connectivity index (χ0n) is 10.6. The Morgan fingerprint density at radius 1 is 1.50 bits per heavy atom. The number of aromatic nitrogens is 1. The Kier molecular flexibility index (Phi) is 5.22. The van der Waals surface area contributed by atoms with Crippen molar-refractivity contribution in [2.45, 2.75) is 45.0 Å². The van der Waals surface area contributed by atoms with Crippen LogP contribution in [0, 0.1) is 0 Å². The van der Waals surface area contributed by atoms with Gasteiger partial charge >= 0.3 is 0 Å². The van der Waals surface area contributed by atoms with E-state index >= 15 is 0 Å². The summed E-state index contributed by atoms with van der Waals surface area (Å²) in [6.07, 6.45) is 2.18. The quantitative estimate of drug-likeness (QED) is 0.728. The molecule has 0 saturated carbocycles. The fourth-order valence-electron chi connectivity index (χ4n) is 1.36. The van der Waals surface area contributed by atoms with Gasteiger partial charge in [0.05, 0.1) is 16.6 Å². The third-order valence-corrected chi connectivity index (χ3v) is 4.53. The SMILES string of the molecule is CCC(C)(C)N(C)CCc1nc(CCl)cs1. The Morgan fingerprint density at radius 3 is 2.69 bits per heavy atom. The van der Waals surface area contributed by atoms with E-state index in [0.29, 0.717) is 5.88 Å². The highest BCUT2D eigenvalue weighted by molar-refractivity contribution is 7.09. The number of thiazole rings is 1. The summed E-state index contributed by atoms with van der Waals surface area (Å²) in [6, 6.07) is 0. The molecule has 0 aliphatic heterocycles. The molecule has 0 aliphatic rings. The lowest BCUT2D eigenvalue weighted by Crippen LogP contribution is -2.41. The van der Waals surface area contributed by atoms with Crippen molar-refractivity contribution in [1.82, 2.24) is 9.88 Å². The van der Waals surface area contributed by atoms with Gasteiger partial charge in [0, 0.05) is 23.9 Å². The topological polar surface area (TPSA) is 16.1 Å². The van der Waals surface area contributed by atoms with Crippen LogP contribution in [-0.4, -0.2) is 29.0 Å². The molecule has 0 saturated heterocycles. The summed E-state index contributed by atoms with van der Waals surface area (Å²) in [5, 5.41) is 3.24. The van der Waals surface area contributed by atoms with Crippen molar-refractivity contribution in [3.8, 4) is 0 Å². The molecule has 16 heavy (non-hydrogen) atoms. The second-order valence-corrected chi connectivity index (χ2v) is 5.91. The molecule has 1 rings (SSSR count). The van der Waals surface area contributed by atoms with Gasteiger partial charge in [-0.25, -0.2) is 4.98 Å². The normalized spacial score (nSPS) is 12.4. The lowest BCUT2D eigenvalue weighted by atomic mass is 10.00. The van der Waals surface area contributed by atoms with Gasteiger partial charge in [0.2, 0.25) is 0 Å². The molecule has 0 fully saturated rings. The van der Waals surface area contributed by atoms with Gasteiger partial charge < -0.3 is 4.90 Å². The summed E-state index contributed by atoms with van der Waals surface area (Å²) >= 11 is 7.44. The highest BCUT2D eigenvalue weighted by Crippen LogP contribution is 2.18. The van der Waals surface area contributed by atoms with Crippen molar-refractivity contribution >= 4 is 22.9 Å².